The van der Waals surface area contributed by atoms with Gasteiger partial charge in [0.25, 0.3) is 0 Å². The minimum absolute atomic E-state index is 0.449. The first-order valence-electron chi connectivity index (χ1n) is 3.83. The van der Waals surface area contributed by atoms with Crippen molar-refractivity contribution in [2.75, 3.05) is 0 Å². The van der Waals surface area contributed by atoms with Crippen LogP contribution < -0.4 is 0 Å². The maximum absolute atomic E-state index is 10.7. The van der Waals surface area contributed by atoms with E-state index in [4.69, 9.17) is 5.11 Å². The van der Waals surface area contributed by atoms with E-state index < -0.39 is 12.0 Å². The topological polar surface area (TPSA) is 68.0 Å². The SMILES string of the molecule is Cc1nnc2n1[C@H](C(=O)O)CC2. The third kappa shape index (κ3) is 0.823. The lowest BCUT2D eigenvalue weighted by atomic mass is 10.2. The second-order valence-electron chi connectivity index (χ2n) is 2.93. The Kier molecular flexibility index (Phi) is 1.39. The number of rotatable bonds is 1. The molecule has 1 atom stereocenters. The van der Waals surface area contributed by atoms with Crippen molar-refractivity contribution < 1.29 is 9.90 Å². The van der Waals surface area contributed by atoms with Gasteiger partial charge in [-0.05, 0) is 13.3 Å². The number of hydrogen-bond donors (Lipinski definition) is 1. The van der Waals surface area contributed by atoms with Gasteiger partial charge in [0.15, 0.2) is 0 Å². The van der Waals surface area contributed by atoms with Crippen LogP contribution in [-0.4, -0.2) is 25.8 Å². The Balaban J connectivity index is 2.46. The largest absolute Gasteiger partial charge is 0.480 e. The molecule has 0 bridgehead atoms. The fourth-order valence-corrected chi connectivity index (χ4v) is 1.62. The van der Waals surface area contributed by atoms with Crippen LogP contribution in [0.15, 0.2) is 0 Å². The Morgan fingerprint density at radius 2 is 2.42 bits per heavy atom. The molecule has 1 aromatic rings. The van der Waals surface area contributed by atoms with E-state index in [0.29, 0.717) is 12.2 Å². The summed E-state index contributed by atoms with van der Waals surface area (Å²) >= 11 is 0. The summed E-state index contributed by atoms with van der Waals surface area (Å²) in [6, 6.07) is -0.449. The number of carboxylic acids is 1. The molecular formula is C7H9N3O2. The highest BCUT2D eigenvalue weighted by Crippen LogP contribution is 2.25. The molecule has 5 heteroatoms. The minimum atomic E-state index is -0.795. The van der Waals surface area contributed by atoms with E-state index in [1.54, 1.807) is 11.5 Å². The van der Waals surface area contributed by atoms with Crippen LogP contribution in [0.2, 0.25) is 0 Å². The van der Waals surface area contributed by atoms with Crippen LogP contribution in [-0.2, 0) is 11.2 Å². The molecule has 0 saturated heterocycles. The molecule has 0 aromatic carbocycles. The third-order valence-corrected chi connectivity index (χ3v) is 2.17. The van der Waals surface area contributed by atoms with Crippen molar-refractivity contribution in [3.8, 4) is 0 Å². The Labute approximate surface area is 69.0 Å². The van der Waals surface area contributed by atoms with Crippen LogP contribution in [0, 0.1) is 6.92 Å². The number of nitrogens with zero attached hydrogens (tertiary/aromatic N) is 3. The van der Waals surface area contributed by atoms with Crippen LogP contribution in [0.5, 0.6) is 0 Å². The highest BCUT2D eigenvalue weighted by molar-refractivity contribution is 5.72. The number of carboxylic acid groups (broad SMARTS) is 1. The van der Waals surface area contributed by atoms with Gasteiger partial charge in [-0.1, -0.05) is 0 Å². The van der Waals surface area contributed by atoms with Gasteiger partial charge in [0, 0.05) is 6.42 Å². The summed E-state index contributed by atoms with van der Waals surface area (Å²) < 4.78 is 1.70. The van der Waals surface area contributed by atoms with Gasteiger partial charge in [-0.2, -0.15) is 0 Å². The summed E-state index contributed by atoms with van der Waals surface area (Å²) in [5.74, 6) is 0.687. The molecule has 1 aromatic heterocycles. The molecular weight excluding hydrogens is 158 g/mol. The second-order valence-corrected chi connectivity index (χ2v) is 2.93. The van der Waals surface area contributed by atoms with Gasteiger partial charge < -0.3 is 9.67 Å². The molecule has 0 aliphatic carbocycles. The first kappa shape index (κ1) is 7.27. The van der Waals surface area contributed by atoms with Gasteiger partial charge >= 0.3 is 5.97 Å². The molecule has 0 radical (unpaired) electrons. The molecule has 1 aliphatic rings. The summed E-state index contributed by atoms with van der Waals surface area (Å²) in [6.07, 6.45) is 1.36. The maximum Gasteiger partial charge on any atom is 0.326 e. The Hall–Kier alpha value is -1.39. The van der Waals surface area contributed by atoms with Crippen LogP contribution in [0.1, 0.15) is 24.1 Å². The van der Waals surface area contributed by atoms with Crippen molar-refractivity contribution in [2.24, 2.45) is 0 Å². The lowest BCUT2D eigenvalue weighted by Gasteiger charge is -2.07. The molecule has 2 heterocycles. The zero-order valence-electron chi connectivity index (χ0n) is 6.69. The average Bonchev–Trinajstić information content (AvgIpc) is 2.53. The van der Waals surface area contributed by atoms with Crippen molar-refractivity contribution in [1.82, 2.24) is 14.8 Å². The normalized spacial score (nSPS) is 20.9. The smallest absolute Gasteiger partial charge is 0.326 e. The Bertz CT molecular complexity index is 331. The van der Waals surface area contributed by atoms with Crippen LogP contribution in [0.3, 0.4) is 0 Å². The average molecular weight is 167 g/mol. The van der Waals surface area contributed by atoms with E-state index in [9.17, 15) is 4.79 Å². The number of aliphatic carboxylic acids is 1. The van der Waals surface area contributed by atoms with Crippen LogP contribution in [0.4, 0.5) is 0 Å². The summed E-state index contributed by atoms with van der Waals surface area (Å²) in [6.45, 7) is 1.78. The molecule has 0 unspecified atom stereocenters. The number of fused-ring (bicyclic) bond motifs is 1. The summed E-state index contributed by atoms with van der Waals surface area (Å²) in [7, 11) is 0. The van der Waals surface area contributed by atoms with Gasteiger partial charge in [-0.25, -0.2) is 4.79 Å². The number of hydrogen-bond acceptors (Lipinski definition) is 3. The number of aromatic nitrogens is 3. The summed E-state index contributed by atoms with van der Waals surface area (Å²) in [5, 5.41) is 16.5. The van der Waals surface area contributed by atoms with Crippen molar-refractivity contribution in [3.63, 3.8) is 0 Å². The van der Waals surface area contributed by atoms with E-state index in [0.717, 1.165) is 12.2 Å². The number of aryl methyl sites for hydroxylation is 2. The molecule has 2 rings (SSSR count). The second kappa shape index (κ2) is 2.30. The van der Waals surface area contributed by atoms with E-state index in [1.807, 2.05) is 0 Å². The molecule has 5 nitrogen and oxygen atoms in total. The molecule has 1 aliphatic heterocycles. The Morgan fingerprint density at radius 1 is 1.67 bits per heavy atom. The lowest BCUT2D eigenvalue weighted by Crippen LogP contribution is -2.16. The van der Waals surface area contributed by atoms with Gasteiger partial charge in [-0.3, -0.25) is 0 Å². The first-order valence-corrected chi connectivity index (χ1v) is 3.83. The zero-order chi connectivity index (χ0) is 8.72. The minimum Gasteiger partial charge on any atom is -0.480 e. The fraction of sp³-hybridized carbons (Fsp3) is 0.571. The quantitative estimate of drug-likeness (QED) is 0.646. The lowest BCUT2D eigenvalue weighted by molar-refractivity contribution is -0.140. The monoisotopic (exact) mass is 167 g/mol. The third-order valence-electron chi connectivity index (χ3n) is 2.17. The van der Waals surface area contributed by atoms with E-state index in [1.165, 1.54) is 0 Å². The number of carbonyl (C=O) groups is 1. The highest BCUT2D eigenvalue weighted by atomic mass is 16.4. The summed E-state index contributed by atoms with van der Waals surface area (Å²) in [5.41, 5.74) is 0. The fourth-order valence-electron chi connectivity index (χ4n) is 1.62. The summed E-state index contributed by atoms with van der Waals surface area (Å²) in [4.78, 5) is 10.7. The molecule has 12 heavy (non-hydrogen) atoms. The predicted octanol–water partition coefficient (Wildman–Crippen LogP) is 0.158. The van der Waals surface area contributed by atoms with E-state index in [2.05, 4.69) is 10.2 Å². The van der Waals surface area contributed by atoms with Gasteiger partial charge in [0.2, 0.25) is 0 Å². The van der Waals surface area contributed by atoms with Crippen molar-refractivity contribution in [3.05, 3.63) is 11.6 Å². The zero-order valence-corrected chi connectivity index (χ0v) is 6.69. The molecule has 0 fully saturated rings. The first-order chi connectivity index (χ1) is 5.70. The molecule has 64 valence electrons. The molecule has 0 amide bonds. The molecule has 0 saturated carbocycles. The van der Waals surface area contributed by atoms with Gasteiger partial charge in [0.1, 0.15) is 17.7 Å². The van der Waals surface area contributed by atoms with Crippen LogP contribution >= 0.6 is 0 Å². The predicted molar refractivity (Wildman–Crippen MR) is 39.8 cm³/mol. The molecule has 0 spiro atoms. The highest BCUT2D eigenvalue weighted by Gasteiger charge is 2.30. The Morgan fingerprint density at radius 3 is 3.08 bits per heavy atom. The van der Waals surface area contributed by atoms with Crippen molar-refractivity contribution >= 4 is 5.97 Å². The van der Waals surface area contributed by atoms with Crippen LogP contribution in [0.25, 0.3) is 0 Å². The van der Waals surface area contributed by atoms with E-state index >= 15 is 0 Å². The van der Waals surface area contributed by atoms with E-state index in [-0.39, 0.29) is 0 Å². The van der Waals surface area contributed by atoms with Gasteiger partial charge in [0.05, 0.1) is 0 Å². The maximum atomic E-state index is 10.7. The standard InChI is InChI=1S/C7H9N3O2/c1-4-8-9-6-3-2-5(7(11)12)10(4)6/h5H,2-3H2,1H3,(H,11,12)/t5-/m0/s1. The van der Waals surface area contributed by atoms with Crippen molar-refractivity contribution in [1.29, 1.82) is 0 Å². The molecule has 1 N–H and O–H groups in total. The van der Waals surface area contributed by atoms with Crippen molar-refractivity contribution in [2.45, 2.75) is 25.8 Å². The van der Waals surface area contributed by atoms with Gasteiger partial charge in [-0.15, -0.1) is 10.2 Å².